The van der Waals surface area contributed by atoms with Crippen LogP contribution in [0.3, 0.4) is 0 Å². The first-order chi connectivity index (χ1) is 12.0. The Morgan fingerprint density at radius 1 is 1.16 bits per heavy atom. The summed E-state index contributed by atoms with van der Waals surface area (Å²) in [5.74, 6) is 1.01. The van der Waals surface area contributed by atoms with Gasteiger partial charge < -0.3 is 20.5 Å². The lowest BCUT2D eigenvalue weighted by atomic mass is 9.46. The number of hydrogen-bond donors (Lipinski definition) is 3. The first-order valence-electron chi connectivity index (χ1n) is 9.44. The van der Waals surface area contributed by atoms with Gasteiger partial charge >= 0.3 is 0 Å². The first-order valence-corrected chi connectivity index (χ1v) is 9.44. The van der Waals surface area contributed by atoms with Gasteiger partial charge in [-0.05, 0) is 69.1 Å². The van der Waals surface area contributed by atoms with Crippen molar-refractivity contribution in [3.63, 3.8) is 0 Å². The van der Waals surface area contributed by atoms with Crippen molar-refractivity contribution in [3.05, 3.63) is 0 Å². The molecular formula is C18H25N3O4. The summed E-state index contributed by atoms with van der Waals surface area (Å²) in [5, 5.41) is 27.0. The van der Waals surface area contributed by atoms with Crippen molar-refractivity contribution in [2.24, 2.45) is 28.3 Å². The second-order valence-corrected chi connectivity index (χ2v) is 9.23. The topological polar surface area (TPSA) is 102 Å². The van der Waals surface area contributed by atoms with Crippen molar-refractivity contribution in [1.29, 1.82) is 0 Å². The average molecular weight is 347 g/mol. The van der Waals surface area contributed by atoms with Crippen LogP contribution in [0, 0.1) is 23.2 Å². The van der Waals surface area contributed by atoms with Crippen molar-refractivity contribution in [2.45, 2.75) is 69.2 Å². The van der Waals surface area contributed by atoms with Crippen LogP contribution in [0.5, 0.6) is 0 Å². The number of aliphatic hydroxyl groups is 1. The van der Waals surface area contributed by atoms with E-state index in [1.807, 2.05) is 0 Å². The molecule has 0 aromatic heterocycles. The van der Waals surface area contributed by atoms with Gasteiger partial charge in [0.25, 0.3) is 5.91 Å². The number of rotatable bonds is 4. The molecule has 6 rings (SSSR count). The summed E-state index contributed by atoms with van der Waals surface area (Å²) >= 11 is 0. The lowest BCUT2D eigenvalue weighted by Crippen LogP contribution is -2.61. The fourth-order valence-corrected chi connectivity index (χ4v) is 6.97. The summed E-state index contributed by atoms with van der Waals surface area (Å²) in [7, 11) is 0. The van der Waals surface area contributed by atoms with Gasteiger partial charge in [0.05, 0.1) is 5.60 Å². The predicted octanol–water partition coefficient (Wildman–Crippen LogP) is 0.841. The van der Waals surface area contributed by atoms with Crippen LogP contribution in [0.4, 0.5) is 0 Å². The van der Waals surface area contributed by atoms with Gasteiger partial charge in [-0.1, -0.05) is 5.16 Å². The van der Waals surface area contributed by atoms with E-state index in [1.54, 1.807) is 4.90 Å². The predicted molar refractivity (Wildman–Crippen MR) is 87.6 cm³/mol. The Morgan fingerprint density at radius 2 is 1.88 bits per heavy atom. The largest absolute Gasteiger partial charge is 0.410 e. The molecule has 5 atom stereocenters. The smallest absolute Gasteiger partial charge is 0.274 e. The molecule has 0 spiro atoms. The zero-order valence-electron chi connectivity index (χ0n) is 14.2. The number of piperidine rings is 1. The molecule has 6 fully saturated rings. The highest BCUT2D eigenvalue weighted by atomic mass is 16.4. The van der Waals surface area contributed by atoms with E-state index < -0.39 is 11.0 Å². The van der Waals surface area contributed by atoms with Crippen LogP contribution < -0.4 is 5.32 Å². The maximum absolute atomic E-state index is 13.3. The third-order valence-corrected chi connectivity index (χ3v) is 7.43. The molecule has 6 aliphatic rings. The third kappa shape index (κ3) is 2.17. The highest BCUT2D eigenvalue weighted by Gasteiger charge is 2.62. The van der Waals surface area contributed by atoms with E-state index in [9.17, 15) is 19.9 Å². The van der Waals surface area contributed by atoms with Crippen molar-refractivity contribution in [1.82, 2.24) is 10.2 Å². The molecule has 1 saturated heterocycles. The number of amides is 2. The van der Waals surface area contributed by atoms with Crippen molar-refractivity contribution in [2.75, 3.05) is 0 Å². The summed E-state index contributed by atoms with van der Waals surface area (Å²) in [5.41, 5.74) is -1.01. The monoisotopic (exact) mass is 347 g/mol. The van der Waals surface area contributed by atoms with Gasteiger partial charge in [0.1, 0.15) is 6.17 Å². The van der Waals surface area contributed by atoms with Gasteiger partial charge in [-0.3, -0.25) is 9.59 Å². The second kappa shape index (κ2) is 4.96. The average Bonchev–Trinajstić information content (AvgIpc) is 3.16. The number of likely N-dealkylation sites (tertiary alicyclic amines) is 1. The summed E-state index contributed by atoms with van der Waals surface area (Å²) < 4.78 is 0. The van der Waals surface area contributed by atoms with E-state index in [1.165, 1.54) is 0 Å². The second-order valence-electron chi connectivity index (χ2n) is 9.23. The molecule has 7 nitrogen and oxygen atoms in total. The molecule has 0 aromatic rings. The molecule has 136 valence electrons. The Hall–Kier alpha value is -1.63. The molecule has 4 bridgehead atoms. The Kier molecular flexibility index (Phi) is 3.10. The molecule has 0 aromatic carbocycles. The van der Waals surface area contributed by atoms with Gasteiger partial charge in [0.2, 0.25) is 6.41 Å². The van der Waals surface area contributed by atoms with Crippen LogP contribution in [0.2, 0.25) is 0 Å². The molecule has 5 saturated carbocycles. The maximum atomic E-state index is 13.3. The molecule has 1 aliphatic heterocycles. The van der Waals surface area contributed by atoms with Gasteiger partial charge in [0.15, 0.2) is 5.71 Å². The molecule has 0 radical (unpaired) electrons. The van der Waals surface area contributed by atoms with Gasteiger partial charge in [0, 0.05) is 11.5 Å². The molecule has 5 aliphatic carbocycles. The minimum absolute atomic E-state index is 0.152. The number of hydrogen-bond acceptors (Lipinski definition) is 5. The zero-order chi connectivity index (χ0) is 17.4. The van der Waals surface area contributed by atoms with Crippen LogP contribution in [-0.4, -0.2) is 51.1 Å². The number of oxime groups is 1. The van der Waals surface area contributed by atoms with E-state index in [0.717, 1.165) is 44.9 Å². The molecule has 7 heteroatoms. The van der Waals surface area contributed by atoms with Crippen molar-refractivity contribution < 1.29 is 19.9 Å². The summed E-state index contributed by atoms with van der Waals surface area (Å²) in [4.78, 5) is 25.9. The van der Waals surface area contributed by atoms with E-state index in [0.29, 0.717) is 30.6 Å². The Labute approximate surface area is 146 Å². The van der Waals surface area contributed by atoms with Crippen LogP contribution >= 0.6 is 0 Å². The highest BCUT2D eigenvalue weighted by molar-refractivity contribution is 6.41. The Morgan fingerprint density at radius 3 is 2.48 bits per heavy atom. The van der Waals surface area contributed by atoms with Crippen LogP contribution in [-0.2, 0) is 9.59 Å². The van der Waals surface area contributed by atoms with Crippen LogP contribution in [0.15, 0.2) is 5.16 Å². The minimum Gasteiger partial charge on any atom is -0.410 e. The van der Waals surface area contributed by atoms with Gasteiger partial charge in [-0.25, -0.2) is 0 Å². The number of fused-ring (bicyclic) bond motifs is 1. The molecule has 25 heavy (non-hydrogen) atoms. The lowest BCUT2D eigenvalue weighted by Gasteiger charge is -2.60. The number of nitrogens with zero attached hydrogens (tertiary/aromatic N) is 2. The van der Waals surface area contributed by atoms with Crippen molar-refractivity contribution >= 4 is 18.0 Å². The SMILES string of the molecule is O=CNC1CC2CC2N1C(=O)/C(=N/O)C12CC3CC(CC(O)(C3)C1)C2. The van der Waals surface area contributed by atoms with Gasteiger partial charge in [-0.15, -0.1) is 0 Å². The Bertz CT molecular complexity index is 649. The molecule has 3 N–H and O–H groups in total. The number of nitrogens with one attached hydrogen (secondary N) is 1. The van der Waals surface area contributed by atoms with Gasteiger partial charge in [-0.2, -0.15) is 0 Å². The lowest BCUT2D eigenvalue weighted by molar-refractivity contribution is -0.146. The third-order valence-electron chi connectivity index (χ3n) is 7.43. The molecule has 5 unspecified atom stereocenters. The maximum Gasteiger partial charge on any atom is 0.274 e. The first kappa shape index (κ1) is 15.6. The fourth-order valence-electron chi connectivity index (χ4n) is 6.97. The van der Waals surface area contributed by atoms with E-state index in [-0.39, 0.29) is 23.8 Å². The van der Waals surface area contributed by atoms with Crippen molar-refractivity contribution in [3.8, 4) is 0 Å². The summed E-state index contributed by atoms with van der Waals surface area (Å²) in [6, 6.07) is 0.152. The van der Waals surface area contributed by atoms with E-state index >= 15 is 0 Å². The highest BCUT2D eigenvalue weighted by Crippen LogP contribution is 2.62. The molecule has 1 heterocycles. The van der Waals surface area contributed by atoms with Crippen LogP contribution in [0.1, 0.15) is 51.4 Å². The minimum atomic E-state index is -0.714. The summed E-state index contributed by atoms with van der Waals surface area (Å²) in [6.45, 7) is 0. The number of carbonyl (C=O) groups excluding carboxylic acids is 2. The summed E-state index contributed by atoms with van der Waals surface area (Å²) in [6.07, 6.45) is 6.96. The standard InChI is InChI=1S/C18H25N3O4/c22-9-19-14-3-12-2-13(12)21(14)16(23)15(20-25)17-4-10-1-11(5-17)7-18(24,6-10)8-17/h9-14,24-25H,1-8H2,(H,19,22)/b20-15-. The Balaban J connectivity index is 1.46. The molecular weight excluding hydrogens is 322 g/mol. The van der Waals surface area contributed by atoms with Crippen LogP contribution in [0.25, 0.3) is 0 Å². The fraction of sp³-hybridized carbons (Fsp3) is 0.833. The normalized spacial score (nSPS) is 49.9. The van der Waals surface area contributed by atoms with E-state index in [2.05, 4.69) is 10.5 Å². The quantitative estimate of drug-likeness (QED) is 0.303. The zero-order valence-corrected chi connectivity index (χ0v) is 14.2. The molecule has 2 amide bonds. The van der Waals surface area contributed by atoms with E-state index in [4.69, 9.17) is 0 Å². The number of carbonyl (C=O) groups is 2.